The molecule has 3 aromatic rings. The lowest BCUT2D eigenvalue weighted by Crippen LogP contribution is -2.20. The Morgan fingerprint density at radius 2 is 1.90 bits per heavy atom. The van der Waals surface area contributed by atoms with Gasteiger partial charge in [-0.3, -0.25) is 4.79 Å². The summed E-state index contributed by atoms with van der Waals surface area (Å²) in [5.74, 6) is 0.567. The van der Waals surface area contributed by atoms with Crippen LogP contribution in [0.3, 0.4) is 0 Å². The Morgan fingerprint density at radius 1 is 1.07 bits per heavy atom. The molecule has 0 spiro atoms. The van der Waals surface area contributed by atoms with Gasteiger partial charge in [-0.25, -0.2) is 5.43 Å². The summed E-state index contributed by atoms with van der Waals surface area (Å²) in [7, 11) is 0. The third-order valence-corrected chi connectivity index (χ3v) is 4.64. The van der Waals surface area contributed by atoms with Gasteiger partial charge >= 0.3 is 0 Å². The van der Waals surface area contributed by atoms with Crippen LogP contribution in [-0.2, 0) is 17.8 Å². The summed E-state index contributed by atoms with van der Waals surface area (Å²) in [6, 6.07) is 21.1. The molecule has 5 heteroatoms. The maximum atomic E-state index is 12.1. The van der Waals surface area contributed by atoms with Gasteiger partial charge in [0.05, 0.1) is 12.6 Å². The maximum Gasteiger partial charge on any atom is 0.244 e. The first kappa shape index (κ1) is 20.6. The van der Waals surface area contributed by atoms with Gasteiger partial charge in [0.15, 0.2) is 0 Å². The predicted molar refractivity (Wildman–Crippen MR) is 118 cm³/mol. The van der Waals surface area contributed by atoms with Gasteiger partial charge in [0.1, 0.15) is 12.4 Å². The van der Waals surface area contributed by atoms with Gasteiger partial charge < -0.3 is 4.74 Å². The first-order chi connectivity index (χ1) is 14.0. The molecule has 0 saturated carbocycles. The molecule has 0 bridgehead atoms. The third-order valence-electron chi connectivity index (χ3n) is 4.40. The Bertz CT molecular complexity index is 1030. The molecule has 0 atom stereocenters. The van der Waals surface area contributed by atoms with Crippen molar-refractivity contribution in [1.82, 2.24) is 5.43 Å². The topological polar surface area (TPSA) is 50.7 Å². The molecular weight excluding hydrogens is 384 g/mol. The number of rotatable bonds is 7. The molecule has 29 heavy (non-hydrogen) atoms. The number of hydrogen-bond donors (Lipinski definition) is 1. The van der Waals surface area contributed by atoms with E-state index in [9.17, 15) is 4.79 Å². The molecule has 1 N–H and O–H groups in total. The van der Waals surface area contributed by atoms with Crippen LogP contribution in [0.5, 0.6) is 5.75 Å². The smallest absolute Gasteiger partial charge is 0.244 e. The Labute approximate surface area is 176 Å². The van der Waals surface area contributed by atoms with Crippen molar-refractivity contribution in [3.8, 4) is 5.75 Å². The standard InChI is InChI=1S/C24H23ClN2O2/c1-17-9-10-21(18(2)11-17)14-24(28)27-26-15-19-5-4-8-23(13-19)29-16-20-6-3-7-22(25)12-20/h3-13,15H,14,16H2,1-2H3,(H,27,28)/b26-15-. The van der Waals surface area contributed by atoms with E-state index in [0.717, 1.165) is 28.0 Å². The Balaban J connectivity index is 1.53. The number of halogens is 1. The Kier molecular flexibility index (Phi) is 7.04. The lowest BCUT2D eigenvalue weighted by Gasteiger charge is -2.07. The van der Waals surface area contributed by atoms with Crippen molar-refractivity contribution in [3.63, 3.8) is 0 Å². The minimum absolute atomic E-state index is 0.151. The molecule has 0 fully saturated rings. The number of nitrogens with zero attached hydrogens (tertiary/aromatic N) is 1. The summed E-state index contributed by atoms with van der Waals surface area (Å²) in [6.45, 7) is 4.47. The fraction of sp³-hybridized carbons (Fsp3) is 0.167. The van der Waals surface area contributed by atoms with Gasteiger partial charge in [-0.15, -0.1) is 0 Å². The second kappa shape index (κ2) is 9.89. The molecule has 0 aliphatic rings. The number of amides is 1. The van der Waals surface area contributed by atoms with Crippen LogP contribution in [0.15, 0.2) is 71.8 Å². The highest BCUT2D eigenvalue weighted by Crippen LogP contribution is 2.16. The van der Waals surface area contributed by atoms with E-state index in [4.69, 9.17) is 16.3 Å². The lowest BCUT2D eigenvalue weighted by atomic mass is 10.0. The number of aryl methyl sites for hydroxylation is 2. The van der Waals surface area contributed by atoms with Crippen molar-refractivity contribution in [2.24, 2.45) is 5.10 Å². The van der Waals surface area contributed by atoms with Crippen LogP contribution < -0.4 is 10.2 Å². The molecule has 0 aliphatic carbocycles. The van der Waals surface area contributed by atoms with E-state index < -0.39 is 0 Å². The fourth-order valence-electron chi connectivity index (χ4n) is 2.91. The van der Waals surface area contributed by atoms with Gasteiger partial charge in [-0.2, -0.15) is 5.10 Å². The number of benzene rings is 3. The molecule has 148 valence electrons. The van der Waals surface area contributed by atoms with Crippen LogP contribution in [0.4, 0.5) is 0 Å². The predicted octanol–water partition coefficient (Wildman–Crippen LogP) is 5.23. The van der Waals surface area contributed by atoms with Crippen molar-refractivity contribution in [2.45, 2.75) is 26.9 Å². The van der Waals surface area contributed by atoms with E-state index in [2.05, 4.69) is 16.6 Å². The van der Waals surface area contributed by atoms with Crippen molar-refractivity contribution in [1.29, 1.82) is 0 Å². The van der Waals surface area contributed by atoms with Crippen LogP contribution in [0.2, 0.25) is 5.02 Å². The average molecular weight is 407 g/mol. The monoisotopic (exact) mass is 406 g/mol. The minimum atomic E-state index is -0.151. The minimum Gasteiger partial charge on any atom is -0.489 e. The Hall–Kier alpha value is -3.11. The molecule has 0 unspecified atom stereocenters. The zero-order valence-corrected chi connectivity index (χ0v) is 17.2. The first-order valence-corrected chi connectivity index (χ1v) is 9.73. The molecule has 0 heterocycles. The van der Waals surface area contributed by atoms with E-state index in [1.165, 1.54) is 5.56 Å². The second-order valence-electron chi connectivity index (χ2n) is 6.89. The van der Waals surface area contributed by atoms with Crippen molar-refractivity contribution in [2.75, 3.05) is 0 Å². The first-order valence-electron chi connectivity index (χ1n) is 9.35. The number of nitrogens with one attached hydrogen (secondary N) is 1. The van der Waals surface area contributed by atoms with Crippen LogP contribution in [0.25, 0.3) is 0 Å². The average Bonchev–Trinajstić information content (AvgIpc) is 2.69. The molecule has 1 amide bonds. The molecular formula is C24H23ClN2O2. The van der Waals surface area contributed by atoms with Crippen molar-refractivity contribution < 1.29 is 9.53 Å². The van der Waals surface area contributed by atoms with E-state index in [0.29, 0.717) is 18.1 Å². The SMILES string of the molecule is Cc1ccc(CC(=O)N/N=C\c2cccc(OCc3cccc(Cl)c3)c2)c(C)c1. The maximum absolute atomic E-state index is 12.1. The van der Waals surface area contributed by atoms with Gasteiger partial charge in [0.25, 0.3) is 0 Å². The molecule has 3 aromatic carbocycles. The molecule has 0 aromatic heterocycles. The summed E-state index contributed by atoms with van der Waals surface area (Å²) in [5.41, 5.74) is 7.70. The van der Waals surface area contributed by atoms with E-state index in [1.807, 2.05) is 74.5 Å². The van der Waals surface area contributed by atoms with Gasteiger partial charge in [0, 0.05) is 5.02 Å². The zero-order chi connectivity index (χ0) is 20.6. The van der Waals surface area contributed by atoms with Crippen molar-refractivity contribution in [3.05, 3.63) is 99.6 Å². The van der Waals surface area contributed by atoms with Gasteiger partial charge in [0.2, 0.25) is 5.91 Å². The summed E-state index contributed by atoms with van der Waals surface area (Å²) < 4.78 is 5.81. The molecule has 0 aliphatic heterocycles. The summed E-state index contributed by atoms with van der Waals surface area (Å²) in [6.07, 6.45) is 1.90. The van der Waals surface area contributed by atoms with Crippen LogP contribution >= 0.6 is 11.6 Å². The fourth-order valence-corrected chi connectivity index (χ4v) is 3.13. The molecule has 3 rings (SSSR count). The van der Waals surface area contributed by atoms with Gasteiger partial charge in [-0.1, -0.05) is 59.6 Å². The van der Waals surface area contributed by atoms with Gasteiger partial charge in [-0.05, 0) is 60.4 Å². The second-order valence-corrected chi connectivity index (χ2v) is 7.33. The van der Waals surface area contributed by atoms with E-state index >= 15 is 0 Å². The largest absolute Gasteiger partial charge is 0.489 e. The number of carbonyl (C=O) groups is 1. The molecule has 4 nitrogen and oxygen atoms in total. The van der Waals surface area contributed by atoms with Crippen LogP contribution in [-0.4, -0.2) is 12.1 Å². The zero-order valence-electron chi connectivity index (χ0n) is 16.5. The molecule has 0 radical (unpaired) electrons. The quantitative estimate of drug-likeness (QED) is 0.431. The number of hydrogen-bond acceptors (Lipinski definition) is 3. The number of hydrazone groups is 1. The summed E-state index contributed by atoms with van der Waals surface area (Å²) in [4.78, 5) is 12.1. The number of ether oxygens (including phenoxy) is 1. The highest BCUT2D eigenvalue weighted by atomic mass is 35.5. The highest BCUT2D eigenvalue weighted by molar-refractivity contribution is 6.30. The lowest BCUT2D eigenvalue weighted by molar-refractivity contribution is -0.120. The normalized spacial score (nSPS) is 10.9. The molecule has 0 saturated heterocycles. The van der Waals surface area contributed by atoms with Crippen LogP contribution in [0, 0.1) is 13.8 Å². The third kappa shape index (κ3) is 6.47. The van der Waals surface area contributed by atoms with E-state index in [-0.39, 0.29) is 5.91 Å². The Morgan fingerprint density at radius 3 is 2.69 bits per heavy atom. The number of carbonyl (C=O) groups excluding carboxylic acids is 1. The van der Waals surface area contributed by atoms with E-state index in [1.54, 1.807) is 6.21 Å². The summed E-state index contributed by atoms with van der Waals surface area (Å²) >= 11 is 5.99. The summed E-state index contributed by atoms with van der Waals surface area (Å²) in [5, 5.41) is 4.74. The highest BCUT2D eigenvalue weighted by Gasteiger charge is 2.05. The van der Waals surface area contributed by atoms with Crippen LogP contribution in [0.1, 0.15) is 27.8 Å². The van der Waals surface area contributed by atoms with Crippen molar-refractivity contribution >= 4 is 23.7 Å².